The van der Waals surface area contributed by atoms with E-state index in [1.54, 1.807) is 6.92 Å². The summed E-state index contributed by atoms with van der Waals surface area (Å²) < 4.78 is 15.9. The van der Waals surface area contributed by atoms with Crippen molar-refractivity contribution in [1.29, 1.82) is 0 Å². The molecule has 1 saturated heterocycles. The molecule has 184 valence electrons. The van der Waals surface area contributed by atoms with Crippen molar-refractivity contribution in [2.24, 2.45) is 11.8 Å². The first-order chi connectivity index (χ1) is 15.3. The Morgan fingerprint density at radius 3 is 2.62 bits per heavy atom. The van der Waals surface area contributed by atoms with Crippen LogP contribution in [0.15, 0.2) is 12.2 Å². The molecule has 2 N–H and O–H groups in total. The molecule has 7 nitrogen and oxygen atoms in total. The van der Waals surface area contributed by atoms with E-state index in [4.69, 9.17) is 14.2 Å². The highest BCUT2D eigenvalue weighted by Gasteiger charge is 2.49. The van der Waals surface area contributed by atoms with E-state index in [1.807, 2.05) is 12.2 Å². The van der Waals surface area contributed by atoms with E-state index in [2.05, 4.69) is 22.9 Å². The Hall–Kier alpha value is -0.960. The van der Waals surface area contributed by atoms with Crippen LogP contribution < -0.4 is 0 Å². The molecule has 2 unspecified atom stereocenters. The Kier molecular flexibility index (Phi) is 12.2. The average Bonchev–Trinajstić information content (AvgIpc) is 3.28. The number of ether oxygens (including phenoxy) is 3. The molecule has 0 spiro atoms. The molecule has 0 bridgehead atoms. The summed E-state index contributed by atoms with van der Waals surface area (Å²) >= 11 is 3.71. The van der Waals surface area contributed by atoms with Gasteiger partial charge in [-0.25, -0.2) is 4.79 Å². The van der Waals surface area contributed by atoms with Gasteiger partial charge in [-0.2, -0.15) is 0 Å². The maximum atomic E-state index is 11.8. The zero-order valence-corrected chi connectivity index (χ0v) is 20.9. The van der Waals surface area contributed by atoms with Crippen LogP contribution in [0.3, 0.4) is 0 Å². The van der Waals surface area contributed by atoms with Gasteiger partial charge in [0.1, 0.15) is 0 Å². The van der Waals surface area contributed by atoms with Crippen molar-refractivity contribution in [1.82, 2.24) is 0 Å². The van der Waals surface area contributed by atoms with E-state index in [9.17, 15) is 19.8 Å². The summed E-state index contributed by atoms with van der Waals surface area (Å²) in [7, 11) is 0. The zero-order valence-electron chi connectivity index (χ0n) is 19.3. The van der Waals surface area contributed by atoms with Crippen molar-refractivity contribution in [3.05, 3.63) is 12.2 Å². The summed E-state index contributed by atoms with van der Waals surface area (Å²) in [5, 5.41) is 20.6. The number of hydrogen-bond donors (Lipinski definition) is 2. The summed E-state index contributed by atoms with van der Waals surface area (Å²) in [6.45, 7) is 3.76. The standard InChI is InChI=1S/C24H39BrO7/c1-3-5-6-8-16(26)11-12-17-18-13-22(32-21(18)14-20(17)27)19(25)9-7-10-23(28)31-15-24(29)30-4-2/h11-12,16-22,26-27H,3-10,13-15H2,1-2H3/t16-,17+,18+,19?,20+,21+,22?/m0/s1. The van der Waals surface area contributed by atoms with Gasteiger partial charge in [-0.15, -0.1) is 0 Å². The van der Waals surface area contributed by atoms with E-state index in [0.29, 0.717) is 12.8 Å². The van der Waals surface area contributed by atoms with Crippen LogP contribution in [0, 0.1) is 11.8 Å². The lowest BCUT2D eigenvalue weighted by atomic mass is 9.89. The molecule has 32 heavy (non-hydrogen) atoms. The van der Waals surface area contributed by atoms with Gasteiger partial charge in [0.15, 0.2) is 6.61 Å². The lowest BCUT2D eigenvalue weighted by molar-refractivity contribution is -0.158. The van der Waals surface area contributed by atoms with Crippen molar-refractivity contribution in [3.8, 4) is 0 Å². The first-order valence-electron chi connectivity index (χ1n) is 12.0. The molecular weight excluding hydrogens is 480 g/mol. The molecular formula is C24H39BrO7. The topological polar surface area (TPSA) is 102 Å². The molecule has 0 aromatic carbocycles. The third kappa shape index (κ3) is 8.76. The van der Waals surface area contributed by atoms with Crippen LogP contribution in [0.5, 0.6) is 0 Å². The minimum absolute atomic E-state index is 0.00313. The fourth-order valence-corrected chi connectivity index (χ4v) is 5.28. The molecule has 2 aliphatic rings. The first-order valence-corrected chi connectivity index (χ1v) is 12.9. The molecule has 2 fully saturated rings. The fourth-order valence-electron chi connectivity index (χ4n) is 4.62. The second-order valence-corrected chi connectivity index (χ2v) is 9.99. The maximum absolute atomic E-state index is 11.8. The number of esters is 2. The van der Waals surface area contributed by atoms with Crippen LogP contribution in [0.1, 0.15) is 71.6 Å². The highest BCUT2D eigenvalue weighted by Crippen LogP contribution is 2.46. The van der Waals surface area contributed by atoms with Gasteiger partial charge in [-0.1, -0.05) is 54.3 Å². The van der Waals surface area contributed by atoms with Crippen LogP contribution >= 0.6 is 15.9 Å². The Morgan fingerprint density at radius 1 is 1.12 bits per heavy atom. The average molecular weight is 519 g/mol. The molecule has 1 aliphatic carbocycles. The normalized spacial score (nSPS) is 29.1. The molecule has 1 heterocycles. The fraction of sp³-hybridized carbons (Fsp3) is 0.833. The second kappa shape index (κ2) is 14.3. The Balaban J connectivity index is 1.72. The molecule has 2 rings (SSSR count). The number of aliphatic hydroxyl groups excluding tert-OH is 2. The molecule has 8 heteroatoms. The number of rotatable bonds is 14. The van der Waals surface area contributed by atoms with Crippen LogP contribution in [-0.4, -0.2) is 64.6 Å². The molecule has 0 aromatic rings. The molecule has 0 aromatic heterocycles. The number of carbonyl (C=O) groups is 2. The summed E-state index contributed by atoms with van der Waals surface area (Å²) in [5.41, 5.74) is 0. The molecule has 1 saturated carbocycles. The van der Waals surface area contributed by atoms with Crippen LogP contribution in [0.25, 0.3) is 0 Å². The quantitative estimate of drug-likeness (QED) is 0.156. The lowest BCUT2D eigenvalue weighted by Crippen LogP contribution is -2.24. The van der Waals surface area contributed by atoms with E-state index in [0.717, 1.165) is 38.5 Å². The highest BCUT2D eigenvalue weighted by atomic mass is 79.9. The van der Waals surface area contributed by atoms with Gasteiger partial charge in [0.2, 0.25) is 0 Å². The van der Waals surface area contributed by atoms with E-state index in [1.165, 1.54) is 0 Å². The monoisotopic (exact) mass is 518 g/mol. The highest BCUT2D eigenvalue weighted by molar-refractivity contribution is 9.09. The first kappa shape index (κ1) is 27.3. The second-order valence-electron chi connectivity index (χ2n) is 8.81. The number of alkyl halides is 1. The van der Waals surface area contributed by atoms with Crippen LogP contribution in [0.2, 0.25) is 0 Å². The van der Waals surface area contributed by atoms with Crippen LogP contribution in [0.4, 0.5) is 0 Å². The van der Waals surface area contributed by atoms with E-state index < -0.39 is 24.1 Å². The Bertz CT molecular complexity index is 611. The van der Waals surface area contributed by atoms with Crippen LogP contribution in [-0.2, 0) is 23.8 Å². The minimum atomic E-state index is -0.538. The number of unbranched alkanes of at least 4 members (excludes halogenated alkanes) is 2. The number of halogens is 1. The van der Waals surface area contributed by atoms with Crippen molar-refractivity contribution >= 4 is 27.9 Å². The largest absolute Gasteiger partial charge is 0.463 e. The molecule has 1 aliphatic heterocycles. The van der Waals surface area contributed by atoms with E-state index in [-0.39, 0.29) is 48.5 Å². The number of carbonyl (C=O) groups excluding carboxylic acids is 2. The molecule has 0 radical (unpaired) electrons. The summed E-state index contributed by atoms with van der Waals surface area (Å²) in [4.78, 5) is 23.1. The number of hydrogen-bond acceptors (Lipinski definition) is 7. The molecule has 7 atom stereocenters. The van der Waals surface area contributed by atoms with Gasteiger partial charge in [0, 0.05) is 23.6 Å². The third-order valence-corrected chi connectivity index (χ3v) is 7.37. The summed E-state index contributed by atoms with van der Waals surface area (Å²) in [6, 6.07) is 0. The van der Waals surface area contributed by atoms with E-state index >= 15 is 0 Å². The summed E-state index contributed by atoms with van der Waals surface area (Å²) in [5.74, 6) is -0.704. The Morgan fingerprint density at radius 2 is 1.91 bits per heavy atom. The zero-order chi connectivity index (χ0) is 23.5. The van der Waals surface area contributed by atoms with Crippen molar-refractivity contribution in [3.63, 3.8) is 0 Å². The number of fused-ring (bicyclic) bond motifs is 1. The lowest BCUT2D eigenvalue weighted by Gasteiger charge is -2.21. The predicted octanol–water partition coefficient (Wildman–Crippen LogP) is 3.68. The van der Waals surface area contributed by atoms with Gasteiger partial charge in [0.25, 0.3) is 0 Å². The van der Waals surface area contributed by atoms with Gasteiger partial charge in [0.05, 0.1) is 31.0 Å². The predicted molar refractivity (Wildman–Crippen MR) is 124 cm³/mol. The number of aliphatic hydroxyl groups is 2. The van der Waals surface area contributed by atoms with Gasteiger partial charge in [-0.05, 0) is 38.5 Å². The smallest absolute Gasteiger partial charge is 0.344 e. The third-order valence-electron chi connectivity index (χ3n) is 6.32. The maximum Gasteiger partial charge on any atom is 0.344 e. The molecule has 0 amide bonds. The van der Waals surface area contributed by atoms with Crippen molar-refractivity contribution in [2.75, 3.05) is 13.2 Å². The van der Waals surface area contributed by atoms with Gasteiger partial charge in [-0.3, -0.25) is 4.79 Å². The van der Waals surface area contributed by atoms with Crippen molar-refractivity contribution in [2.45, 2.75) is 101 Å². The Labute approximate surface area is 200 Å². The SMILES string of the molecule is CCCCC[C@H](O)C=C[C@@H]1[C@H]2CC(C(Br)CCCC(=O)OCC(=O)OCC)O[C@@H]2C[C@H]1O. The van der Waals surface area contributed by atoms with Gasteiger partial charge >= 0.3 is 11.9 Å². The summed E-state index contributed by atoms with van der Waals surface area (Å²) in [6.07, 6.45) is 10.1. The van der Waals surface area contributed by atoms with Gasteiger partial charge < -0.3 is 24.4 Å². The van der Waals surface area contributed by atoms with Crippen molar-refractivity contribution < 1.29 is 34.0 Å². The minimum Gasteiger partial charge on any atom is -0.463 e.